The molecule has 1 saturated heterocycles. The van der Waals surface area contributed by atoms with Crippen LogP contribution in [0.5, 0.6) is 0 Å². The minimum Gasteiger partial charge on any atom is -0.334 e. The number of amides is 1. The van der Waals surface area contributed by atoms with E-state index in [0.717, 1.165) is 31.7 Å². The summed E-state index contributed by atoms with van der Waals surface area (Å²) in [4.78, 5) is 17.1. The zero-order valence-corrected chi connectivity index (χ0v) is 15.5. The van der Waals surface area contributed by atoms with E-state index in [0.29, 0.717) is 18.9 Å². The molecule has 5 nitrogen and oxygen atoms in total. The Morgan fingerprint density at radius 2 is 2.00 bits per heavy atom. The molecule has 1 amide bonds. The number of rotatable bonds is 6. The van der Waals surface area contributed by atoms with Crippen molar-refractivity contribution >= 4 is 5.91 Å². The minimum atomic E-state index is -0.249. The van der Waals surface area contributed by atoms with Crippen molar-refractivity contribution in [2.24, 2.45) is 5.92 Å². The number of carbonyl (C=O) groups is 1. The summed E-state index contributed by atoms with van der Waals surface area (Å²) in [5.74, 6) is 0.278. The molecule has 0 unspecified atom stereocenters. The molecule has 1 atom stereocenters. The van der Waals surface area contributed by atoms with Crippen molar-refractivity contribution in [3.05, 3.63) is 54.1 Å². The lowest BCUT2D eigenvalue weighted by Crippen LogP contribution is -2.46. The van der Waals surface area contributed by atoms with Gasteiger partial charge in [-0.05, 0) is 29.7 Å². The third-order valence-electron chi connectivity index (χ3n) is 5.05. The van der Waals surface area contributed by atoms with Crippen molar-refractivity contribution in [2.75, 3.05) is 19.6 Å². The van der Waals surface area contributed by atoms with Gasteiger partial charge in [0.15, 0.2) is 0 Å². The van der Waals surface area contributed by atoms with Crippen LogP contribution in [0.15, 0.2) is 42.7 Å². The summed E-state index contributed by atoms with van der Waals surface area (Å²) < 4.78 is 15.1. The zero-order chi connectivity index (χ0) is 18.5. The van der Waals surface area contributed by atoms with Crippen molar-refractivity contribution in [1.29, 1.82) is 0 Å². The Morgan fingerprint density at radius 1 is 1.23 bits per heavy atom. The molecule has 0 bridgehead atoms. The van der Waals surface area contributed by atoms with Crippen LogP contribution in [0.2, 0.25) is 0 Å². The van der Waals surface area contributed by atoms with Crippen LogP contribution >= 0.6 is 0 Å². The van der Waals surface area contributed by atoms with Crippen molar-refractivity contribution < 1.29 is 9.18 Å². The van der Waals surface area contributed by atoms with Crippen LogP contribution in [0.4, 0.5) is 4.39 Å². The number of hydrogen-bond acceptors (Lipinski definition) is 3. The summed E-state index contributed by atoms with van der Waals surface area (Å²) in [6, 6.07) is 8.51. The highest BCUT2D eigenvalue weighted by Gasteiger charge is 2.31. The molecule has 2 heterocycles. The first-order valence-corrected chi connectivity index (χ1v) is 9.26. The van der Waals surface area contributed by atoms with E-state index in [1.54, 1.807) is 18.3 Å². The molecule has 6 heteroatoms. The molecule has 2 aromatic rings. The van der Waals surface area contributed by atoms with Crippen LogP contribution in [0.1, 0.15) is 25.8 Å². The van der Waals surface area contributed by atoms with Gasteiger partial charge in [-0.2, -0.15) is 5.10 Å². The van der Waals surface area contributed by atoms with Crippen LogP contribution in [0.25, 0.3) is 0 Å². The number of halogens is 1. The Morgan fingerprint density at radius 3 is 2.65 bits per heavy atom. The van der Waals surface area contributed by atoms with Gasteiger partial charge in [0.05, 0.1) is 6.54 Å². The maximum absolute atomic E-state index is 13.2. The second-order valence-electron chi connectivity index (χ2n) is 7.28. The Kier molecular flexibility index (Phi) is 6.04. The predicted octanol–water partition coefficient (Wildman–Crippen LogP) is 2.78. The molecule has 140 valence electrons. The van der Waals surface area contributed by atoms with E-state index in [4.69, 9.17) is 0 Å². The highest BCUT2D eigenvalue weighted by molar-refractivity contribution is 5.77. The molecule has 0 aliphatic carbocycles. The minimum absolute atomic E-state index is 0.146. The maximum Gasteiger partial charge on any atom is 0.224 e. The molecular formula is C20H27FN4O. The fraction of sp³-hybridized carbons (Fsp3) is 0.500. The second kappa shape index (κ2) is 8.45. The summed E-state index contributed by atoms with van der Waals surface area (Å²) in [5.41, 5.74) is 0.968. The second-order valence-corrected chi connectivity index (χ2v) is 7.28. The van der Waals surface area contributed by atoms with Crippen molar-refractivity contribution in [1.82, 2.24) is 19.6 Å². The van der Waals surface area contributed by atoms with Crippen molar-refractivity contribution in [3.63, 3.8) is 0 Å². The van der Waals surface area contributed by atoms with Crippen LogP contribution < -0.4 is 0 Å². The van der Waals surface area contributed by atoms with E-state index in [2.05, 4.69) is 23.8 Å². The van der Waals surface area contributed by atoms with Gasteiger partial charge in [0.1, 0.15) is 5.82 Å². The highest BCUT2D eigenvalue weighted by atomic mass is 19.1. The van der Waals surface area contributed by atoms with Gasteiger partial charge in [-0.25, -0.2) is 4.39 Å². The van der Waals surface area contributed by atoms with Crippen molar-refractivity contribution in [2.45, 2.75) is 39.4 Å². The third kappa shape index (κ3) is 4.69. The van der Waals surface area contributed by atoms with Crippen molar-refractivity contribution in [3.8, 4) is 0 Å². The average molecular weight is 358 g/mol. The van der Waals surface area contributed by atoms with Gasteiger partial charge in [0.25, 0.3) is 0 Å². The topological polar surface area (TPSA) is 41.4 Å². The first-order chi connectivity index (χ1) is 12.5. The van der Waals surface area contributed by atoms with E-state index >= 15 is 0 Å². The van der Waals surface area contributed by atoms with E-state index in [1.807, 2.05) is 21.8 Å². The Bertz CT molecular complexity index is 699. The molecule has 0 spiro atoms. The van der Waals surface area contributed by atoms with Crippen LogP contribution in [-0.4, -0.2) is 51.2 Å². The van der Waals surface area contributed by atoms with Crippen LogP contribution in [0.3, 0.4) is 0 Å². The van der Waals surface area contributed by atoms with E-state index < -0.39 is 0 Å². The van der Waals surface area contributed by atoms with E-state index in [-0.39, 0.29) is 17.8 Å². The number of hydrogen-bond donors (Lipinski definition) is 0. The fourth-order valence-corrected chi connectivity index (χ4v) is 3.48. The lowest BCUT2D eigenvalue weighted by atomic mass is 10.0. The lowest BCUT2D eigenvalue weighted by Gasteiger charge is -2.35. The molecule has 1 aromatic heterocycles. The number of benzene rings is 1. The van der Waals surface area contributed by atoms with Gasteiger partial charge in [0.2, 0.25) is 5.91 Å². The predicted molar refractivity (Wildman–Crippen MR) is 98.9 cm³/mol. The summed E-state index contributed by atoms with van der Waals surface area (Å²) in [6.45, 7) is 8.18. The largest absolute Gasteiger partial charge is 0.334 e. The standard InChI is InChI=1S/C20H27FN4O/c1-16(2)19-15-23(12-13-24-10-3-9-22-24)11-8-20(26)25(19)14-17-4-6-18(21)7-5-17/h3-7,9-10,16,19H,8,11-15H2,1-2H3/t19-/m1/s1. The van der Waals surface area contributed by atoms with Crippen LogP contribution in [0, 0.1) is 11.7 Å². The maximum atomic E-state index is 13.2. The first-order valence-electron chi connectivity index (χ1n) is 9.26. The Labute approximate surface area is 154 Å². The summed E-state index contributed by atoms with van der Waals surface area (Å²) >= 11 is 0. The van der Waals surface area contributed by atoms with E-state index in [9.17, 15) is 9.18 Å². The monoisotopic (exact) mass is 358 g/mol. The highest BCUT2D eigenvalue weighted by Crippen LogP contribution is 2.21. The lowest BCUT2D eigenvalue weighted by molar-refractivity contribution is -0.134. The SMILES string of the molecule is CC(C)[C@H]1CN(CCn2cccn2)CCC(=O)N1Cc1ccc(F)cc1. The van der Waals surface area contributed by atoms with Crippen LogP contribution in [-0.2, 0) is 17.9 Å². The molecular weight excluding hydrogens is 331 g/mol. The fourth-order valence-electron chi connectivity index (χ4n) is 3.48. The molecule has 1 aliphatic rings. The molecule has 0 radical (unpaired) electrons. The van der Waals surface area contributed by atoms with Gasteiger partial charge in [-0.15, -0.1) is 0 Å². The summed E-state index contributed by atoms with van der Waals surface area (Å²) in [6.07, 6.45) is 4.26. The normalized spacial score (nSPS) is 19.2. The average Bonchev–Trinajstić information content (AvgIpc) is 3.08. The summed E-state index contributed by atoms with van der Waals surface area (Å²) in [7, 11) is 0. The molecule has 3 rings (SSSR count). The zero-order valence-electron chi connectivity index (χ0n) is 15.5. The molecule has 1 aromatic carbocycles. The quantitative estimate of drug-likeness (QED) is 0.797. The Hall–Kier alpha value is -2.21. The summed E-state index contributed by atoms with van der Waals surface area (Å²) in [5, 5.41) is 4.25. The molecule has 26 heavy (non-hydrogen) atoms. The Balaban J connectivity index is 1.69. The van der Waals surface area contributed by atoms with E-state index in [1.165, 1.54) is 12.1 Å². The van der Waals surface area contributed by atoms with Gasteiger partial charge in [-0.3, -0.25) is 14.4 Å². The number of nitrogens with zero attached hydrogens (tertiary/aromatic N) is 4. The van der Waals surface area contributed by atoms with Gasteiger partial charge < -0.3 is 4.90 Å². The molecule has 0 saturated carbocycles. The molecule has 1 aliphatic heterocycles. The number of carbonyl (C=O) groups excluding carboxylic acids is 1. The van der Waals surface area contributed by atoms with Gasteiger partial charge >= 0.3 is 0 Å². The number of aromatic nitrogens is 2. The smallest absolute Gasteiger partial charge is 0.224 e. The third-order valence-corrected chi connectivity index (χ3v) is 5.05. The molecule has 0 N–H and O–H groups in total. The first kappa shape index (κ1) is 18.6. The van der Waals surface area contributed by atoms with Gasteiger partial charge in [0, 0.05) is 51.0 Å². The molecule has 1 fully saturated rings. The van der Waals surface area contributed by atoms with Gasteiger partial charge in [-0.1, -0.05) is 26.0 Å².